The Hall–Kier alpha value is -3.76. The molecule has 0 fully saturated rings. The van der Waals surface area contributed by atoms with Crippen molar-refractivity contribution < 1.29 is 27.3 Å². The summed E-state index contributed by atoms with van der Waals surface area (Å²) in [5, 5.41) is 16.5. The number of carbonyl (C=O) groups is 1. The Balaban J connectivity index is 2.00. The van der Waals surface area contributed by atoms with Crippen LogP contribution in [0.15, 0.2) is 54.7 Å². The second kappa shape index (κ2) is 7.10. The van der Waals surface area contributed by atoms with E-state index in [0.29, 0.717) is 10.7 Å². The molecule has 3 aromatic rings. The van der Waals surface area contributed by atoms with Crippen molar-refractivity contribution in [3.63, 3.8) is 0 Å². The molecule has 1 aromatic heterocycles. The van der Waals surface area contributed by atoms with E-state index in [2.05, 4.69) is 10.4 Å². The van der Waals surface area contributed by atoms with E-state index in [-0.39, 0.29) is 11.4 Å². The van der Waals surface area contributed by atoms with E-state index in [9.17, 15) is 32.5 Å². The molecule has 0 aliphatic carbocycles. The maximum Gasteiger partial charge on any atom is 0.434 e. The Morgan fingerprint density at radius 1 is 1.14 bits per heavy atom. The number of para-hydroxylation sites is 1. The van der Waals surface area contributed by atoms with Gasteiger partial charge in [0.2, 0.25) is 5.82 Å². The fourth-order valence-electron chi connectivity index (χ4n) is 2.48. The Labute approximate surface area is 154 Å². The van der Waals surface area contributed by atoms with E-state index in [1.54, 1.807) is 6.07 Å². The van der Waals surface area contributed by atoms with Crippen LogP contribution in [0.5, 0.6) is 0 Å². The molecule has 1 amide bonds. The number of nitrogens with zero attached hydrogens (tertiary/aromatic N) is 3. The maximum absolute atomic E-state index is 13.6. The third-order valence-electron chi connectivity index (χ3n) is 3.68. The predicted octanol–water partition coefficient (Wildman–Crippen LogP) is 4.19. The molecule has 0 spiro atoms. The molecule has 2 aromatic carbocycles. The van der Waals surface area contributed by atoms with Crippen LogP contribution in [0, 0.1) is 15.9 Å². The lowest BCUT2D eigenvalue weighted by molar-refractivity contribution is -0.387. The van der Waals surface area contributed by atoms with Crippen LogP contribution in [0.1, 0.15) is 16.1 Å². The van der Waals surface area contributed by atoms with E-state index in [1.807, 2.05) is 0 Å². The first-order valence-corrected chi connectivity index (χ1v) is 7.64. The molecule has 0 unspecified atom stereocenters. The Morgan fingerprint density at radius 3 is 2.43 bits per heavy atom. The molecule has 11 heteroatoms. The zero-order valence-electron chi connectivity index (χ0n) is 13.8. The normalized spacial score (nSPS) is 11.3. The molecular weight excluding hydrogens is 384 g/mol. The molecule has 7 nitrogen and oxygen atoms in total. The first-order chi connectivity index (χ1) is 13.2. The summed E-state index contributed by atoms with van der Waals surface area (Å²) in [5.74, 6) is -2.34. The summed E-state index contributed by atoms with van der Waals surface area (Å²) in [6.07, 6.45) is -4.17. The topological polar surface area (TPSA) is 90.1 Å². The Bertz CT molecular complexity index is 1050. The van der Waals surface area contributed by atoms with Gasteiger partial charge in [-0.3, -0.25) is 14.9 Å². The largest absolute Gasteiger partial charge is 0.434 e. The number of rotatable bonds is 4. The minimum absolute atomic E-state index is 0.0892. The van der Waals surface area contributed by atoms with Gasteiger partial charge >= 0.3 is 11.9 Å². The molecule has 3 rings (SSSR count). The molecule has 0 bridgehead atoms. The highest BCUT2D eigenvalue weighted by atomic mass is 19.4. The van der Waals surface area contributed by atoms with Crippen molar-refractivity contribution in [1.82, 2.24) is 9.78 Å². The quantitative estimate of drug-likeness (QED) is 0.408. The third kappa shape index (κ3) is 3.68. The van der Waals surface area contributed by atoms with Gasteiger partial charge in [-0.2, -0.15) is 22.7 Å². The van der Waals surface area contributed by atoms with Gasteiger partial charge in [0.05, 0.1) is 22.4 Å². The van der Waals surface area contributed by atoms with Crippen LogP contribution in [0.4, 0.5) is 28.9 Å². The van der Waals surface area contributed by atoms with Crippen molar-refractivity contribution in [3.8, 4) is 5.69 Å². The SMILES string of the molecule is O=C(Nc1ccc(F)c([N+](=O)[O-])c1)c1cnn(-c2ccccc2)c1C(F)(F)F. The summed E-state index contributed by atoms with van der Waals surface area (Å²) in [6.45, 7) is 0. The molecule has 1 heterocycles. The Morgan fingerprint density at radius 2 is 1.82 bits per heavy atom. The molecular formula is C17H10F4N4O3. The minimum Gasteiger partial charge on any atom is -0.322 e. The summed E-state index contributed by atoms with van der Waals surface area (Å²) in [6, 6.07) is 9.82. The van der Waals surface area contributed by atoms with Gasteiger partial charge in [-0.05, 0) is 24.3 Å². The number of hydrogen-bond acceptors (Lipinski definition) is 4. The smallest absolute Gasteiger partial charge is 0.322 e. The summed E-state index contributed by atoms with van der Waals surface area (Å²) in [5.41, 5.74) is -3.17. The fraction of sp³-hybridized carbons (Fsp3) is 0.0588. The van der Waals surface area contributed by atoms with E-state index < -0.39 is 39.8 Å². The number of nitrogens with one attached hydrogen (secondary N) is 1. The average Bonchev–Trinajstić information content (AvgIpc) is 3.09. The zero-order valence-corrected chi connectivity index (χ0v) is 13.8. The van der Waals surface area contributed by atoms with Crippen LogP contribution in [0.2, 0.25) is 0 Å². The van der Waals surface area contributed by atoms with Crippen LogP contribution in [0.25, 0.3) is 5.69 Å². The molecule has 0 aliphatic heterocycles. The highest BCUT2D eigenvalue weighted by molar-refractivity contribution is 6.05. The van der Waals surface area contributed by atoms with Gasteiger partial charge in [-0.15, -0.1) is 0 Å². The summed E-state index contributed by atoms with van der Waals surface area (Å²) in [4.78, 5) is 22.1. The van der Waals surface area contributed by atoms with Gasteiger partial charge in [-0.25, -0.2) is 4.68 Å². The van der Waals surface area contributed by atoms with Crippen molar-refractivity contribution in [1.29, 1.82) is 0 Å². The van der Waals surface area contributed by atoms with E-state index >= 15 is 0 Å². The van der Waals surface area contributed by atoms with Crippen molar-refractivity contribution in [2.75, 3.05) is 5.32 Å². The molecule has 1 N–H and O–H groups in total. The molecule has 0 aliphatic rings. The molecule has 28 heavy (non-hydrogen) atoms. The molecule has 0 saturated carbocycles. The Kier molecular flexibility index (Phi) is 4.82. The fourth-order valence-corrected chi connectivity index (χ4v) is 2.48. The van der Waals surface area contributed by atoms with Crippen LogP contribution in [-0.4, -0.2) is 20.6 Å². The number of hydrogen-bond donors (Lipinski definition) is 1. The number of alkyl halides is 3. The zero-order chi connectivity index (χ0) is 20.5. The van der Waals surface area contributed by atoms with Gasteiger partial charge in [-0.1, -0.05) is 18.2 Å². The molecule has 0 radical (unpaired) electrons. The summed E-state index contributed by atoms with van der Waals surface area (Å²) in [7, 11) is 0. The van der Waals surface area contributed by atoms with Crippen LogP contribution < -0.4 is 5.32 Å². The van der Waals surface area contributed by atoms with Crippen LogP contribution in [0.3, 0.4) is 0 Å². The van der Waals surface area contributed by atoms with Gasteiger partial charge in [0.25, 0.3) is 5.91 Å². The number of benzene rings is 2. The number of amides is 1. The van der Waals surface area contributed by atoms with Gasteiger partial charge in [0.1, 0.15) is 0 Å². The average molecular weight is 394 g/mol. The lowest BCUT2D eigenvalue weighted by Gasteiger charge is -2.13. The highest BCUT2D eigenvalue weighted by Gasteiger charge is 2.40. The summed E-state index contributed by atoms with van der Waals surface area (Å²) < 4.78 is 54.7. The lowest BCUT2D eigenvalue weighted by atomic mass is 10.2. The van der Waals surface area contributed by atoms with Gasteiger partial charge < -0.3 is 5.32 Å². The number of aromatic nitrogens is 2. The second-order valence-corrected chi connectivity index (χ2v) is 5.53. The molecule has 144 valence electrons. The first-order valence-electron chi connectivity index (χ1n) is 7.64. The molecule has 0 saturated heterocycles. The van der Waals surface area contributed by atoms with Gasteiger partial charge in [0.15, 0.2) is 5.69 Å². The minimum atomic E-state index is -4.91. The highest BCUT2D eigenvalue weighted by Crippen LogP contribution is 2.34. The maximum atomic E-state index is 13.6. The lowest BCUT2D eigenvalue weighted by Crippen LogP contribution is -2.20. The number of nitro groups is 1. The standard InChI is InChI=1S/C17H10F4N4O3/c18-13-7-6-10(8-14(13)25(27)28)23-16(26)12-9-22-24(15(12)17(19,20)21)11-4-2-1-3-5-11/h1-9H,(H,23,26). The number of anilines is 1. The third-order valence-corrected chi connectivity index (χ3v) is 3.68. The van der Waals surface area contributed by atoms with Gasteiger partial charge in [0, 0.05) is 11.8 Å². The van der Waals surface area contributed by atoms with Crippen molar-refractivity contribution >= 4 is 17.3 Å². The van der Waals surface area contributed by atoms with E-state index in [1.165, 1.54) is 24.3 Å². The summed E-state index contributed by atoms with van der Waals surface area (Å²) >= 11 is 0. The monoisotopic (exact) mass is 394 g/mol. The van der Waals surface area contributed by atoms with E-state index in [0.717, 1.165) is 18.3 Å². The van der Waals surface area contributed by atoms with Crippen LogP contribution >= 0.6 is 0 Å². The second-order valence-electron chi connectivity index (χ2n) is 5.53. The number of halogens is 4. The van der Waals surface area contributed by atoms with E-state index in [4.69, 9.17) is 0 Å². The predicted molar refractivity (Wildman–Crippen MR) is 89.6 cm³/mol. The van der Waals surface area contributed by atoms with Crippen molar-refractivity contribution in [2.24, 2.45) is 0 Å². The first kappa shape index (κ1) is 19.0. The number of nitro benzene ring substituents is 1. The molecule has 0 atom stereocenters. The number of carbonyl (C=O) groups excluding carboxylic acids is 1. The van der Waals surface area contributed by atoms with Crippen molar-refractivity contribution in [2.45, 2.75) is 6.18 Å². The van der Waals surface area contributed by atoms with Crippen LogP contribution in [-0.2, 0) is 6.18 Å². The van der Waals surface area contributed by atoms with Crippen molar-refractivity contribution in [3.05, 3.63) is 81.9 Å².